The van der Waals surface area contributed by atoms with E-state index in [9.17, 15) is 0 Å². The maximum atomic E-state index is 8.89. The van der Waals surface area contributed by atoms with Gasteiger partial charge in [0.2, 0.25) is 0 Å². The summed E-state index contributed by atoms with van der Waals surface area (Å²) in [6.07, 6.45) is 0. The van der Waals surface area contributed by atoms with E-state index in [1.54, 1.807) is 0 Å². The van der Waals surface area contributed by atoms with Crippen molar-refractivity contribution in [1.29, 1.82) is 0 Å². The average molecular weight is 423 g/mol. The van der Waals surface area contributed by atoms with Crippen molar-refractivity contribution < 1.29 is 75.2 Å². The summed E-state index contributed by atoms with van der Waals surface area (Å²) in [5.41, 5.74) is 0. The molecule has 14 heavy (non-hydrogen) atoms. The van der Waals surface area contributed by atoms with E-state index in [-0.39, 0.29) is 55.1 Å². The van der Waals surface area contributed by atoms with Gasteiger partial charge in [0.05, 0.1) is 10.2 Å². The quantitative estimate of drug-likeness (QED) is 0.251. The van der Waals surface area contributed by atoms with Crippen LogP contribution in [0.25, 0.3) is 0 Å². The molecular formula is C2H3LaN2O8Ru+3. The van der Waals surface area contributed by atoms with Gasteiger partial charge in [-0.25, -0.2) is 0 Å². The van der Waals surface area contributed by atoms with E-state index in [0.29, 0.717) is 0 Å². The van der Waals surface area contributed by atoms with Gasteiger partial charge in [-0.15, -0.1) is 0 Å². The number of carboxylic acids is 1. The molecule has 0 aromatic rings. The van der Waals surface area contributed by atoms with Gasteiger partial charge in [0.25, 0.3) is 0 Å². The van der Waals surface area contributed by atoms with E-state index in [0.717, 1.165) is 6.92 Å². The number of aliphatic carboxylic acids is 1. The number of carboxylic acid groups (broad SMARTS) is 1. The third kappa shape index (κ3) is 13700. The molecule has 12 heteroatoms. The van der Waals surface area contributed by atoms with Gasteiger partial charge in [-0.05, 0) is 6.92 Å². The number of hydrogen-bond acceptors (Lipinski definition) is 8. The summed E-state index contributed by atoms with van der Waals surface area (Å²) < 4.78 is 0. The average Bonchev–Trinajstić information content (AvgIpc) is 1.54. The number of rotatable bonds is 0. The summed E-state index contributed by atoms with van der Waals surface area (Å²) in [5.74, 6) is -1.08. The van der Waals surface area contributed by atoms with Crippen LogP contribution in [-0.4, -0.2) is 16.1 Å². The SMILES string of the molecule is CC(=O)[O-].O=[N+]([O-])[O-].O=[N+]([O-])[O-].[La+3].[Ru+3]. The topological polar surface area (TPSA) is 173 Å². The molecule has 10 nitrogen and oxygen atoms in total. The first kappa shape index (κ1) is 29.2. The summed E-state index contributed by atoms with van der Waals surface area (Å²) in [6, 6.07) is 0. The molecular weight excluding hydrogens is 420 g/mol. The Labute approximate surface area is 118 Å². The van der Waals surface area contributed by atoms with E-state index in [2.05, 4.69) is 0 Å². The number of hydrogen-bond donors (Lipinski definition) is 0. The Kier molecular flexibility index (Phi) is 47.9. The number of carbonyl (C=O) groups is 1. The maximum Gasteiger partial charge on any atom is 3.00 e. The first-order chi connectivity index (χ1) is 5.20. The second kappa shape index (κ2) is 23.0. The van der Waals surface area contributed by atoms with E-state index < -0.39 is 16.1 Å². The van der Waals surface area contributed by atoms with Crippen LogP contribution in [0.5, 0.6) is 0 Å². The fourth-order valence-electron chi connectivity index (χ4n) is 0. The Morgan fingerprint density at radius 3 is 1.00 bits per heavy atom. The molecule has 77 valence electrons. The summed E-state index contributed by atoms with van der Waals surface area (Å²) in [5, 5.41) is 38.4. The maximum absolute atomic E-state index is 8.89. The molecule has 0 aliphatic rings. The predicted molar refractivity (Wildman–Crippen MR) is 31.4 cm³/mol. The van der Waals surface area contributed by atoms with Crippen molar-refractivity contribution in [1.82, 2.24) is 0 Å². The van der Waals surface area contributed by atoms with Crippen LogP contribution in [0.2, 0.25) is 0 Å². The molecule has 0 N–H and O–H groups in total. The molecule has 0 rings (SSSR count). The van der Waals surface area contributed by atoms with Crippen LogP contribution >= 0.6 is 0 Å². The van der Waals surface area contributed by atoms with Crippen LogP contribution in [0.4, 0.5) is 0 Å². The van der Waals surface area contributed by atoms with Crippen LogP contribution in [0.15, 0.2) is 0 Å². The second-order valence-electron chi connectivity index (χ2n) is 0.939. The van der Waals surface area contributed by atoms with E-state index >= 15 is 0 Å². The molecule has 0 heterocycles. The van der Waals surface area contributed by atoms with Crippen molar-refractivity contribution in [2.45, 2.75) is 6.92 Å². The standard InChI is InChI=1S/C2H4O2.La.2NO3.Ru/c1-2(3)4;;2*2-1(3)4;/h1H3,(H,3,4);;;;/q;+3;2*-1;+3/p-1. The van der Waals surface area contributed by atoms with Gasteiger partial charge in [0.15, 0.2) is 0 Å². The van der Waals surface area contributed by atoms with Gasteiger partial charge >= 0.3 is 55.1 Å². The van der Waals surface area contributed by atoms with Gasteiger partial charge in [-0.1, -0.05) is 0 Å². The van der Waals surface area contributed by atoms with Crippen LogP contribution in [0.3, 0.4) is 0 Å². The summed E-state index contributed by atoms with van der Waals surface area (Å²) in [6.45, 7) is 0.972. The first-order valence-electron chi connectivity index (χ1n) is 2.00. The second-order valence-corrected chi connectivity index (χ2v) is 0.939. The fraction of sp³-hybridized carbons (Fsp3) is 0.500. The largest absolute Gasteiger partial charge is 3.00 e. The monoisotopic (exact) mass is 424 g/mol. The molecule has 0 atom stereocenters. The molecule has 0 saturated heterocycles. The third-order valence-corrected chi connectivity index (χ3v) is 0. The zero-order valence-electron chi connectivity index (χ0n) is 6.59. The van der Waals surface area contributed by atoms with Gasteiger partial charge in [-0.2, -0.15) is 0 Å². The van der Waals surface area contributed by atoms with Crippen molar-refractivity contribution in [3.8, 4) is 0 Å². The van der Waals surface area contributed by atoms with Gasteiger partial charge < -0.3 is 40.5 Å². The normalized spacial score (nSPS) is 5.21. The van der Waals surface area contributed by atoms with Crippen molar-refractivity contribution in [3.05, 3.63) is 30.6 Å². The molecule has 0 fully saturated rings. The Balaban J connectivity index is -0.0000000270. The van der Waals surface area contributed by atoms with Gasteiger partial charge in [0, 0.05) is 5.97 Å². The Bertz CT molecular complexity index is 123. The minimum Gasteiger partial charge on any atom is -0.550 e. The minimum atomic E-state index is -1.75. The minimum absolute atomic E-state index is 0. The molecule has 0 aromatic heterocycles. The zero-order valence-corrected chi connectivity index (χ0v) is 12.0. The number of carbonyl (C=O) groups excluding carboxylic acids is 1. The zero-order chi connectivity index (χ0) is 10.7. The molecule has 0 bridgehead atoms. The fourth-order valence-corrected chi connectivity index (χ4v) is 0. The Morgan fingerprint density at radius 1 is 1.00 bits per heavy atom. The predicted octanol–water partition coefficient (Wildman–Crippen LogP) is -1.72. The van der Waals surface area contributed by atoms with Crippen molar-refractivity contribution >= 4 is 5.97 Å². The van der Waals surface area contributed by atoms with E-state index in [4.69, 9.17) is 40.5 Å². The van der Waals surface area contributed by atoms with Crippen molar-refractivity contribution in [3.63, 3.8) is 0 Å². The number of nitrogens with zero attached hydrogens (tertiary/aromatic N) is 2. The summed E-state index contributed by atoms with van der Waals surface area (Å²) in [7, 11) is 0. The third-order valence-electron chi connectivity index (χ3n) is 0. The van der Waals surface area contributed by atoms with E-state index in [1.165, 1.54) is 0 Å². The van der Waals surface area contributed by atoms with Gasteiger partial charge in [-0.3, -0.25) is 0 Å². The first-order valence-corrected chi connectivity index (χ1v) is 2.00. The molecule has 1 radical (unpaired) electrons. The van der Waals surface area contributed by atoms with Crippen LogP contribution in [0.1, 0.15) is 6.92 Å². The van der Waals surface area contributed by atoms with Crippen molar-refractivity contribution in [2.24, 2.45) is 0 Å². The summed E-state index contributed by atoms with van der Waals surface area (Å²) in [4.78, 5) is 25.4. The van der Waals surface area contributed by atoms with Crippen molar-refractivity contribution in [2.75, 3.05) is 0 Å². The molecule has 0 spiro atoms. The molecule has 0 amide bonds. The van der Waals surface area contributed by atoms with Crippen LogP contribution < -0.4 is 5.11 Å². The summed E-state index contributed by atoms with van der Waals surface area (Å²) >= 11 is 0. The van der Waals surface area contributed by atoms with Crippen LogP contribution in [0, 0.1) is 66.2 Å². The molecule has 0 saturated carbocycles. The van der Waals surface area contributed by atoms with E-state index in [1.807, 2.05) is 0 Å². The van der Waals surface area contributed by atoms with Gasteiger partial charge in [0.1, 0.15) is 0 Å². The van der Waals surface area contributed by atoms with Crippen LogP contribution in [-0.2, 0) is 24.3 Å². The molecule has 0 aliphatic heterocycles. The smallest absolute Gasteiger partial charge is 0.550 e. The molecule has 0 unspecified atom stereocenters. The molecule has 0 aromatic carbocycles. The Hall–Kier alpha value is -0.312. The Morgan fingerprint density at radius 2 is 1.00 bits per heavy atom. The molecule has 0 aliphatic carbocycles.